The van der Waals surface area contributed by atoms with Gasteiger partial charge in [0.25, 0.3) is 0 Å². The van der Waals surface area contributed by atoms with E-state index in [9.17, 15) is 9.59 Å². The Hall–Kier alpha value is -2.47. The summed E-state index contributed by atoms with van der Waals surface area (Å²) < 4.78 is 0. The SMILES string of the molecule is Nc1ccc(Sc2ccc(C(=O)O)cc2CC(=O)O)cc1. The lowest BCUT2D eigenvalue weighted by atomic mass is 10.1. The Balaban J connectivity index is 2.34. The van der Waals surface area contributed by atoms with Gasteiger partial charge in [-0.1, -0.05) is 11.8 Å². The van der Waals surface area contributed by atoms with Crippen LogP contribution in [-0.4, -0.2) is 22.2 Å². The Morgan fingerprint density at radius 2 is 1.71 bits per heavy atom. The highest BCUT2D eigenvalue weighted by Gasteiger charge is 2.12. The highest BCUT2D eigenvalue weighted by molar-refractivity contribution is 7.99. The minimum Gasteiger partial charge on any atom is -0.481 e. The monoisotopic (exact) mass is 303 g/mol. The number of carbonyl (C=O) groups is 2. The molecular weight excluding hydrogens is 290 g/mol. The highest BCUT2D eigenvalue weighted by atomic mass is 32.2. The fourth-order valence-corrected chi connectivity index (χ4v) is 2.70. The number of rotatable bonds is 5. The third kappa shape index (κ3) is 4.00. The molecule has 0 aliphatic rings. The van der Waals surface area contributed by atoms with Gasteiger partial charge in [0.2, 0.25) is 0 Å². The van der Waals surface area contributed by atoms with Gasteiger partial charge < -0.3 is 15.9 Å². The third-order valence-corrected chi connectivity index (χ3v) is 3.88. The van der Waals surface area contributed by atoms with Crippen molar-refractivity contribution >= 4 is 29.4 Å². The molecule has 5 nitrogen and oxygen atoms in total. The third-order valence-electron chi connectivity index (χ3n) is 2.76. The van der Waals surface area contributed by atoms with Crippen LogP contribution in [0.3, 0.4) is 0 Å². The molecule has 0 amide bonds. The zero-order chi connectivity index (χ0) is 15.4. The first-order chi connectivity index (χ1) is 9.95. The Morgan fingerprint density at radius 3 is 2.29 bits per heavy atom. The number of aliphatic carboxylic acids is 1. The summed E-state index contributed by atoms with van der Waals surface area (Å²) in [5, 5.41) is 17.9. The smallest absolute Gasteiger partial charge is 0.335 e. The van der Waals surface area contributed by atoms with Crippen LogP contribution in [0.25, 0.3) is 0 Å². The van der Waals surface area contributed by atoms with Gasteiger partial charge in [0.1, 0.15) is 0 Å². The highest BCUT2D eigenvalue weighted by Crippen LogP contribution is 2.32. The molecule has 0 saturated carbocycles. The molecule has 2 aromatic rings. The number of carboxylic acids is 2. The van der Waals surface area contributed by atoms with Crippen LogP contribution in [0.4, 0.5) is 5.69 Å². The van der Waals surface area contributed by atoms with Crippen molar-refractivity contribution in [3.05, 3.63) is 53.6 Å². The van der Waals surface area contributed by atoms with Gasteiger partial charge in [0.05, 0.1) is 12.0 Å². The molecule has 4 N–H and O–H groups in total. The minimum atomic E-state index is -1.08. The van der Waals surface area contributed by atoms with Gasteiger partial charge in [-0.25, -0.2) is 4.79 Å². The van der Waals surface area contributed by atoms with Gasteiger partial charge in [0, 0.05) is 15.5 Å². The molecule has 6 heteroatoms. The largest absolute Gasteiger partial charge is 0.481 e. The maximum Gasteiger partial charge on any atom is 0.335 e. The van der Waals surface area contributed by atoms with E-state index in [0.29, 0.717) is 16.1 Å². The maximum absolute atomic E-state index is 11.0. The van der Waals surface area contributed by atoms with E-state index in [1.165, 1.54) is 23.9 Å². The fraction of sp³-hybridized carbons (Fsp3) is 0.0667. The van der Waals surface area contributed by atoms with Crippen LogP contribution < -0.4 is 5.73 Å². The van der Waals surface area contributed by atoms with Gasteiger partial charge in [-0.15, -0.1) is 0 Å². The molecule has 0 saturated heterocycles. The van der Waals surface area contributed by atoms with Crippen LogP contribution in [0.15, 0.2) is 52.3 Å². The Bertz CT molecular complexity index is 683. The quantitative estimate of drug-likeness (QED) is 0.734. The van der Waals surface area contributed by atoms with E-state index >= 15 is 0 Å². The molecule has 0 fully saturated rings. The van der Waals surface area contributed by atoms with Gasteiger partial charge in [0.15, 0.2) is 0 Å². The molecule has 0 aliphatic heterocycles. The van der Waals surface area contributed by atoms with Gasteiger partial charge in [-0.3, -0.25) is 4.79 Å². The molecule has 0 spiro atoms. The summed E-state index contributed by atoms with van der Waals surface area (Å²) in [4.78, 5) is 23.5. The number of nitrogens with two attached hydrogens (primary N) is 1. The first kappa shape index (κ1) is 14.9. The zero-order valence-corrected chi connectivity index (χ0v) is 11.8. The fourth-order valence-electron chi connectivity index (χ4n) is 1.78. The second kappa shape index (κ2) is 6.32. The number of aromatic carboxylic acids is 1. The van der Waals surface area contributed by atoms with Crippen LogP contribution in [0.1, 0.15) is 15.9 Å². The molecule has 21 heavy (non-hydrogen) atoms. The minimum absolute atomic E-state index is 0.0768. The van der Waals surface area contributed by atoms with Crippen molar-refractivity contribution in [3.8, 4) is 0 Å². The summed E-state index contributed by atoms with van der Waals surface area (Å²) in [6.07, 6.45) is -0.224. The van der Waals surface area contributed by atoms with Crippen LogP contribution in [-0.2, 0) is 11.2 Å². The van der Waals surface area contributed by atoms with Crippen molar-refractivity contribution < 1.29 is 19.8 Å². The van der Waals surface area contributed by atoms with Crippen molar-refractivity contribution in [1.82, 2.24) is 0 Å². The molecule has 2 rings (SSSR count). The van der Waals surface area contributed by atoms with E-state index in [4.69, 9.17) is 15.9 Å². The maximum atomic E-state index is 11.0. The lowest BCUT2D eigenvalue weighted by Gasteiger charge is -2.09. The Morgan fingerprint density at radius 1 is 1.05 bits per heavy atom. The molecule has 0 radical (unpaired) electrons. The number of anilines is 1. The summed E-state index contributed by atoms with van der Waals surface area (Å²) in [6.45, 7) is 0. The average Bonchev–Trinajstić information content (AvgIpc) is 2.42. The van der Waals surface area contributed by atoms with Crippen LogP contribution in [0, 0.1) is 0 Å². The van der Waals surface area contributed by atoms with Crippen molar-refractivity contribution in [2.24, 2.45) is 0 Å². The average molecular weight is 303 g/mol. The Labute approximate surface area is 125 Å². The lowest BCUT2D eigenvalue weighted by Crippen LogP contribution is -2.04. The summed E-state index contributed by atoms with van der Waals surface area (Å²) in [5.41, 5.74) is 6.81. The van der Waals surface area contributed by atoms with E-state index in [0.717, 1.165) is 4.90 Å². The second-order valence-electron chi connectivity index (χ2n) is 4.37. The zero-order valence-electron chi connectivity index (χ0n) is 10.9. The normalized spacial score (nSPS) is 10.3. The molecule has 0 bridgehead atoms. The number of carboxylic acid groups (broad SMARTS) is 2. The van der Waals surface area contributed by atoms with E-state index in [-0.39, 0.29) is 12.0 Å². The molecular formula is C15H13NO4S. The first-order valence-corrected chi connectivity index (χ1v) is 6.89. The summed E-state index contributed by atoms with van der Waals surface area (Å²) >= 11 is 1.37. The second-order valence-corrected chi connectivity index (χ2v) is 5.48. The summed E-state index contributed by atoms with van der Waals surface area (Å²) in [6, 6.07) is 11.7. The van der Waals surface area contributed by atoms with Gasteiger partial charge in [-0.2, -0.15) is 0 Å². The number of nitrogen functional groups attached to an aromatic ring is 1. The molecule has 0 aromatic heterocycles. The molecule has 2 aromatic carbocycles. The summed E-state index contributed by atoms with van der Waals surface area (Å²) in [5.74, 6) is -2.08. The molecule has 0 atom stereocenters. The van der Waals surface area contributed by atoms with Crippen molar-refractivity contribution in [1.29, 1.82) is 0 Å². The molecule has 108 valence electrons. The molecule has 0 heterocycles. The number of hydrogen-bond donors (Lipinski definition) is 3. The van der Waals surface area contributed by atoms with Crippen molar-refractivity contribution in [2.75, 3.05) is 5.73 Å². The van der Waals surface area contributed by atoms with Crippen LogP contribution >= 0.6 is 11.8 Å². The van der Waals surface area contributed by atoms with E-state index in [1.54, 1.807) is 18.2 Å². The summed E-state index contributed by atoms with van der Waals surface area (Å²) in [7, 11) is 0. The van der Waals surface area contributed by atoms with E-state index < -0.39 is 11.9 Å². The molecule has 0 unspecified atom stereocenters. The standard InChI is InChI=1S/C15H13NO4S/c16-11-2-4-12(5-3-11)21-13-6-1-9(15(19)20)7-10(13)8-14(17)18/h1-7H,8,16H2,(H,17,18)(H,19,20). The Kier molecular flexibility index (Phi) is 4.49. The lowest BCUT2D eigenvalue weighted by molar-refractivity contribution is -0.136. The predicted molar refractivity (Wildman–Crippen MR) is 79.7 cm³/mol. The van der Waals surface area contributed by atoms with Crippen molar-refractivity contribution in [2.45, 2.75) is 16.2 Å². The molecule has 0 aliphatic carbocycles. The van der Waals surface area contributed by atoms with Crippen LogP contribution in [0.5, 0.6) is 0 Å². The van der Waals surface area contributed by atoms with Crippen LogP contribution in [0.2, 0.25) is 0 Å². The van der Waals surface area contributed by atoms with Crippen molar-refractivity contribution in [3.63, 3.8) is 0 Å². The van der Waals surface area contributed by atoms with Gasteiger partial charge in [-0.05, 0) is 48.0 Å². The van der Waals surface area contributed by atoms with E-state index in [2.05, 4.69) is 0 Å². The number of hydrogen-bond acceptors (Lipinski definition) is 4. The van der Waals surface area contributed by atoms with Gasteiger partial charge >= 0.3 is 11.9 Å². The van der Waals surface area contributed by atoms with E-state index in [1.807, 2.05) is 12.1 Å². The topological polar surface area (TPSA) is 101 Å². The number of benzene rings is 2. The predicted octanol–water partition coefficient (Wildman–Crippen LogP) is 2.75. The first-order valence-electron chi connectivity index (χ1n) is 6.07.